The zero-order valence-electron chi connectivity index (χ0n) is 5.82. The first-order valence-corrected chi connectivity index (χ1v) is 6.02. The number of hydrogen-bond acceptors (Lipinski definition) is 4. The summed E-state index contributed by atoms with van der Waals surface area (Å²) < 4.78 is 86.8. The fourth-order valence-corrected chi connectivity index (χ4v) is 2.99. The van der Waals surface area contributed by atoms with Gasteiger partial charge in [0.15, 0.2) is 5.08 Å². The summed E-state index contributed by atoms with van der Waals surface area (Å²) in [6.45, 7) is 0. The van der Waals surface area contributed by atoms with Gasteiger partial charge in [-0.05, 0) is 0 Å². The fraction of sp³-hybridized carbons (Fsp3) is 1.00. The van der Waals surface area contributed by atoms with Crippen molar-refractivity contribution in [2.45, 2.75) is 11.5 Å². The van der Waals surface area contributed by atoms with E-state index in [-0.39, 0.29) is 0 Å². The molecule has 0 atom stereocenters. The molecule has 0 spiro atoms. The Balaban J connectivity index is 4.86. The van der Waals surface area contributed by atoms with Gasteiger partial charge >= 0.3 is 11.5 Å². The zero-order valence-corrected chi connectivity index (χ0v) is 7.46. The van der Waals surface area contributed by atoms with Gasteiger partial charge in [0, 0.05) is 0 Å². The maximum Gasteiger partial charge on any atom is 0.337 e. The first-order chi connectivity index (χ1) is 5.59. The van der Waals surface area contributed by atoms with Crippen molar-refractivity contribution in [1.29, 1.82) is 0 Å². The third-order valence-corrected chi connectivity index (χ3v) is 4.59. The van der Waals surface area contributed by atoms with Crippen LogP contribution in [0.2, 0.25) is 0 Å². The summed E-state index contributed by atoms with van der Waals surface area (Å²) in [7, 11) is -10.6. The number of sulfone groups is 2. The van der Waals surface area contributed by atoms with Crippen LogP contribution >= 0.6 is 0 Å². The van der Waals surface area contributed by atoms with Crippen molar-refractivity contribution in [3.8, 4) is 0 Å². The van der Waals surface area contributed by atoms with Gasteiger partial charge < -0.3 is 0 Å². The molecule has 0 saturated heterocycles. The SMILES string of the molecule is O=S(=O)(CS(=O)(=O)C(F)F)C(F)F. The molecule has 0 rings (SSSR count). The molecule has 0 N–H and O–H groups in total. The van der Waals surface area contributed by atoms with E-state index in [0.29, 0.717) is 0 Å². The van der Waals surface area contributed by atoms with Crippen molar-refractivity contribution in [3.05, 3.63) is 0 Å². The van der Waals surface area contributed by atoms with Gasteiger partial charge in [0.2, 0.25) is 19.7 Å². The Morgan fingerprint density at radius 2 is 1.00 bits per heavy atom. The zero-order chi connectivity index (χ0) is 10.9. The molecule has 0 bridgehead atoms. The Morgan fingerprint density at radius 3 is 1.15 bits per heavy atom. The third kappa shape index (κ3) is 3.46. The van der Waals surface area contributed by atoms with Crippen molar-refractivity contribution < 1.29 is 34.4 Å². The molecule has 4 nitrogen and oxygen atoms in total. The molecule has 0 aromatic rings. The van der Waals surface area contributed by atoms with Gasteiger partial charge in [-0.25, -0.2) is 16.8 Å². The van der Waals surface area contributed by atoms with Gasteiger partial charge in [-0.2, -0.15) is 17.6 Å². The van der Waals surface area contributed by atoms with Crippen LogP contribution in [0.3, 0.4) is 0 Å². The van der Waals surface area contributed by atoms with Crippen LogP contribution in [-0.2, 0) is 19.7 Å². The largest absolute Gasteiger partial charge is 0.337 e. The van der Waals surface area contributed by atoms with Crippen LogP contribution in [-0.4, -0.2) is 33.4 Å². The lowest BCUT2D eigenvalue weighted by molar-refractivity contribution is 0.231. The monoisotopic (exact) mass is 244 g/mol. The molecule has 10 heteroatoms. The highest BCUT2D eigenvalue weighted by molar-refractivity contribution is 8.08. The summed E-state index contributed by atoms with van der Waals surface area (Å²) in [5, 5.41) is -2.24. The molecule has 0 amide bonds. The van der Waals surface area contributed by atoms with E-state index in [1.807, 2.05) is 0 Å². The van der Waals surface area contributed by atoms with Gasteiger partial charge in [0.25, 0.3) is 0 Å². The van der Waals surface area contributed by atoms with Crippen molar-refractivity contribution in [3.63, 3.8) is 0 Å². The van der Waals surface area contributed by atoms with Crippen LogP contribution in [0.15, 0.2) is 0 Å². The molecule has 0 aliphatic carbocycles. The minimum Gasteiger partial charge on any atom is -0.222 e. The molecule has 0 radical (unpaired) electrons. The lowest BCUT2D eigenvalue weighted by Crippen LogP contribution is -2.26. The summed E-state index contributed by atoms with van der Waals surface area (Å²) in [5.41, 5.74) is 0. The average Bonchev–Trinajstić information content (AvgIpc) is 1.83. The predicted octanol–water partition coefficient (Wildman–Crippen LogP) is 0.219. The predicted molar refractivity (Wildman–Crippen MR) is 34.7 cm³/mol. The molecule has 0 saturated carbocycles. The average molecular weight is 244 g/mol. The highest BCUT2D eigenvalue weighted by Gasteiger charge is 2.35. The van der Waals surface area contributed by atoms with E-state index >= 15 is 0 Å². The van der Waals surface area contributed by atoms with E-state index in [1.54, 1.807) is 0 Å². The van der Waals surface area contributed by atoms with Crippen LogP contribution in [0.4, 0.5) is 17.6 Å². The quantitative estimate of drug-likeness (QED) is 0.663. The van der Waals surface area contributed by atoms with Crippen LogP contribution < -0.4 is 0 Å². The maximum atomic E-state index is 11.5. The molecular formula is C3H4F4O4S2. The summed E-state index contributed by atoms with van der Waals surface area (Å²) in [6, 6.07) is 0. The van der Waals surface area contributed by atoms with Gasteiger partial charge in [-0.3, -0.25) is 0 Å². The first kappa shape index (κ1) is 12.6. The molecule has 0 fully saturated rings. The van der Waals surface area contributed by atoms with Gasteiger partial charge in [0.1, 0.15) is 0 Å². The van der Waals surface area contributed by atoms with E-state index < -0.39 is 36.3 Å². The minimum atomic E-state index is -5.30. The van der Waals surface area contributed by atoms with E-state index in [2.05, 4.69) is 0 Å². The Bertz CT molecular complexity index is 319. The van der Waals surface area contributed by atoms with E-state index in [9.17, 15) is 34.4 Å². The van der Waals surface area contributed by atoms with Crippen molar-refractivity contribution in [1.82, 2.24) is 0 Å². The van der Waals surface area contributed by atoms with Crippen LogP contribution in [0, 0.1) is 0 Å². The van der Waals surface area contributed by atoms with Crippen molar-refractivity contribution in [2.75, 3.05) is 5.08 Å². The second-order valence-electron chi connectivity index (χ2n) is 1.96. The standard InChI is InChI=1S/C3H4F4O4S2/c4-2(5)12(8,9)1-13(10,11)3(6)7/h2-3H,1H2. The lowest BCUT2D eigenvalue weighted by Gasteiger charge is -2.03. The summed E-state index contributed by atoms with van der Waals surface area (Å²) in [4.78, 5) is 0. The van der Waals surface area contributed by atoms with E-state index in [4.69, 9.17) is 0 Å². The molecule has 80 valence electrons. The summed E-state index contributed by atoms with van der Waals surface area (Å²) in [5.74, 6) is -7.94. The molecule has 0 aromatic carbocycles. The fourth-order valence-electron chi connectivity index (χ4n) is 0.332. The van der Waals surface area contributed by atoms with Crippen LogP contribution in [0.1, 0.15) is 0 Å². The van der Waals surface area contributed by atoms with Gasteiger partial charge in [0.05, 0.1) is 0 Å². The lowest BCUT2D eigenvalue weighted by atomic mass is 11.7. The first-order valence-electron chi connectivity index (χ1n) is 2.59. The molecule has 13 heavy (non-hydrogen) atoms. The van der Waals surface area contributed by atoms with E-state index in [1.165, 1.54) is 0 Å². The Kier molecular flexibility index (Phi) is 3.67. The molecule has 0 aromatic heterocycles. The summed E-state index contributed by atoms with van der Waals surface area (Å²) >= 11 is 0. The number of hydrogen-bond donors (Lipinski definition) is 0. The smallest absolute Gasteiger partial charge is 0.222 e. The second kappa shape index (κ2) is 3.78. The number of halogens is 4. The van der Waals surface area contributed by atoms with Gasteiger partial charge in [-0.1, -0.05) is 0 Å². The molecule has 0 aliphatic heterocycles. The van der Waals surface area contributed by atoms with Crippen LogP contribution in [0.25, 0.3) is 0 Å². The molecule has 0 aliphatic rings. The Hall–Kier alpha value is -0.380. The summed E-state index contributed by atoms with van der Waals surface area (Å²) in [6.07, 6.45) is 0. The number of alkyl halides is 4. The van der Waals surface area contributed by atoms with Crippen molar-refractivity contribution in [2.24, 2.45) is 0 Å². The van der Waals surface area contributed by atoms with Gasteiger partial charge in [-0.15, -0.1) is 0 Å². The van der Waals surface area contributed by atoms with Crippen LogP contribution in [0.5, 0.6) is 0 Å². The highest BCUT2D eigenvalue weighted by atomic mass is 32.3. The third-order valence-electron chi connectivity index (χ3n) is 0.871. The normalized spacial score (nSPS) is 14.0. The van der Waals surface area contributed by atoms with Crippen molar-refractivity contribution >= 4 is 19.7 Å². The number of rotatable bonds is 4. The Morgan fingerprint density at radius 1 is 0.769 bits per heavy atom. The molecular weight excluding hydrogens is 240 g/mol. The minimum absolute atomic E-state index is 2.24. The Labute approximate surface area is 71.4 Å². The van der Waals surface area contributed by atoms with E-state index in [0.717, 1.165) is 0 Å². The molecule has 0 unspecified atom stereocenters. The maximum absolute atomic E-state index is 11.5. The highest BCUT2D eigenvalue weighted by Crippen LogP contribution is 2.13. The second-order valence-corrected chi connectivity index (χ2v) is 6.27. The topological polar surface area (TPSA) is 68.3 Å². The molecule has 0 heterocycles.